The van der Waals surface area contributed by atoms with Crippen molar-refractivity contribution in [2.75, 3.05) is 16.9 Å². The molecule has 36 heavy (non-hydrogen) atoms. The first-order valence-corrected chi connectivity index (χ1v) is 11.3. The average Bonchev–Trinajstić information content (AvgIpc) is 3.60. The van der Waals surface area contributed by atoms with Gasteiger partial charge in [-0.1, -0.05) is 30.4 Å². The van der Waals surface area contributed by atoms with Gasteiger partial charge in [0.25, 0.3) is 5.69 Å². The van der Waals surface area contributed by atoms with Gasteiger partial charge in [-0.25, -0.2) is 4.90 Å². The highest BCUT2D eigenvalue weighted by Gasteiger charge is 2.65. The van der Waals surface area contributed by atoms with Gasteiger partial charge in [0, 0.05) is 17.8 Å². The number of amides is 2. The predicted molar refractivity (Wildman–Crippen MR) is 128 cm³/mol. The van der Waals surface area contributed by atoms with Crippen LogP contribution in [0.1, 0.15) is 16.1 Å². The van der Waals surface area contributed by atoms with Gasteiger partial charge in [0.15, 0.2) is 5.76 Å². The van der Waals surface area contributed by atoms with Crippen molar-refractivity contribution in [2.24, 2.45) is 11.8 Å². The van der Waals surface area contributed by atoms with E-state index in [0.717, 1.165) is 22.2 Å². The molecule has 2 aromatic carbocycles. The third kappa shape index (κ3) is 2.94. The number of nitrogens with zero attached hydrogens (tertiary/aromatic N) is 3. The Kier molecular flexibility index (Phi) is 4.78. The lowest BCUT2D eigenvalue weighted by molar-refractivity contribution is -0.384. The molecule has 4 heterocycles. The van der Waals surface area contributed by atoms with E-state index in [4.69, 9.17) is 9.15 Å². The molecule has 0 spiro atoms. The Morgan fingerprint density at radius 2 is 1.81 bits per heavy atom. The summed E-state index contributed by atoms with van der Waals surface area (Å²) in [6.45, 7) is 0. The highest BCUT2D eigenvalue weighted by Crippen LogP contribution is 2.51. The predicted octanol–water partition coefficient (Wildman–Crippen LogP) is 3.47. The Bertz CT molecular complexity index is 1460. The van der Waals surface area contributed by atoms with E-state index < -0.39 is 46.4 Å². The first kappa shape index (κ1) is 21.8. The zero-order valence-electron chi connectivity index (χ0n) is 18.9. The van der Waals surface area contributed by atoms with E-state index in [1.165, 1.54) is 31.6 Å². The summed E-state index contributed by atoms with van der Waals surface area (Å²) < 4.78 is 10.7. The molecular weight excluding hydrogens is 466 g/mol. The molecule has 0 radical (unpaired) electrons. The number of imide groups is 1. The second kappa shape index (κ2) is 7.91. The van der Waals surface area contributed by atoms with Crippen LogP contribution in [0, 0.1) is 22.0 Å². The molecule has 1 aromatic heterocycles. The summed E-state index contributed by atoms with van der Waals surface area (Å²) in [6, 6.07) is 12.7. The second-order valence-corrected chi connectivity index (χ2v) is 8.78. The van der Waals surface area contributed by atoms with Crippen molar-refractivity contribution in [3.8, 4) is 5.75 Å². The summed E-state index contributed by atoms with van der Waals surface area (Å²) in [4.78, 5) is 55.1. The fourth-order valence-corrected chi connectivity index (χ4v) is 5.58. The summed E-state index contributed by atoms with van der Waals surface area (Å²) in [5, 5.41) is 11.4. The number of nitro benzene ring substituents is 1. The SMILES string of the molecule is COc1ccc([N+](=O)[O-])cc1N1C(=O)[C@@H]2[C@H](C1=O)[C@@H](C(=O)c1ccco1)N1c3ccccc3C=C[C@@H]21. The van der Waals surface area contributed by atoms with Crippen molar-refractivity contribution in [1.82, 2.24) is 0 Å². The van der Waals surface area contributed by atoms with Gasteiger partial charge in [-0.05, 0) is 29.8 Å². The minimum atomic E-state index is -1.03. The maximum Gasteiger partial charge on any atom is 0.271 e. The van der Waals surface area contributed by atoms with Crippen LogP contribution in [-0.4, -0.2) is 41.7 Å². The molecule has 0 bridgehead atoms. The Morgan fingerprint density at radius 3 is 2.53 bits per heavy atom. The van der Waals surface area contributed by atoms with E-state index in [-0.39, 0.29) is 22.9 Å². The number of anilines is 2. The molecule has 10 nitrogen and oxygen atoms in total. The maximum absolute atomic E-state index is 13.9. The van der Waals surface area contributed by atoms with Crippen LogP contribution >= 0.6 is 0 Å². The Balaban J connectivity index is 1.51. The lowest BCUT2D eigenvalue weighted by Crippen LogP contribution is -2.48. The number of para-hydroxylation sites is 1. The average molecular weight is 485 g/mol. The molecule has 0 saturated carbocycles. The number of carbonyl (C=O) groups excluding carboxylic acids is 3. The standard InChI is InChI=1S/C26H19N3O7/c1-35-19-11-9-15(29(33)34)13-18(19)28-25(31)21-17-10-8-14-5-2-3-6-16(14)27(17)23(22(21)26(28)32)24(30)20-7-4-12-36-20/h2-13,17,21-23H,1H3/t17-,21-,22-,23-/m0/s1. The van der Waals surface area contributed by atoms with E-state index in [1.54, 1.807) is 6.07 Å². The van der Waals surface area contributed by atoms with Crippen molar-refractivity contribution >= 4 is 40.7 Å². The number of hydrogen-bond donors (Lipinski definition) is 0. The van der Waals surface area contributed by atoms with Crippen LogP contribution in [0.25, 0.3) is 6.08 Å². The Hall–Kier alpha value is -4.73. The van der Waals surface area contributed by atoms with Crippen molar-refractivity contribution in [3.63, 3.8) is 0 Å². The number of carbonyl (C=O) groups is 3. The fraction of sp³-hybridized carbons (Fsp3) is 0.192. The molecule has 0 unspecified atom stereocenters. The minimum absolute atomic E-state index is 0.0213. The normalized spacial score (nSPS) is 23.9. The van der Waals surface area contributed by atoms with Gasteiger partial charge in [-0.2, -0.15) is 0 Å². The van der Waals surface area contributed by atoms with Crippen molar-refractivity contribution in [3.05, 3.63) is 88.4 Å². The van der Waals surface area contributed by atoms with Crippen LogP contribution < -0.4 is 14.5 Å². The molecule has 3 aliphatic rings. The van der Waals surface area contributed by atoms with E-state index in [9.17, 15) is 24.5 Å². The zero-order valence-corrected chi connectivity index (χ0v) is 18.9. The molecule has 0 aliphatic carbocycles. The van der Waals surface area contributed by atoms with Crippen LogP contribution in [0.5, 0.6) is 5.75 Å². The highest BCUT2D eigenvalue weighted by molar-refractivity contribution is 6.26. The van der Waals surface area contributed by atoms with Crippen LogP contribution in [0.15, 0.2) is 71.4 Å². The molecule has 2 saturated heterocycles. The molecule has 2 amide bonds. The summed E-state index contributed by atoms with van der Waals surface area (Å²) >= 11 is 0. The zero-order chi connectivity index (χ0) is 25.1. The number of ketones is 1. The first-order chi connectivity index (χ1) is 17.4. The monoisotopic (exact) mass is 485 g/mol. The fourth-order valence-electron chi connectivity index (χ4n) is 5.58. The molecule has 0 N–H and O–H groups in total. The van der Waals surface area contributed by atoms with E-state index in [1.807, 2.05) is 41.3 Å². The third-order valence-corrected chi connectivity index (χ3v) is 7.06. The lowest BCUT2D eigenvalue weighted by atomic mass is 9.87. The van der Waals surface area contributed by atoms with Gasteiger partial charge in [0.05, 0.1) is 36.2 Å². The summed E-state index contributed by atoms with van der Waals surface area (Å²) in [5.41, 5.74) is 1.29. The third-order valence-electron chi connectivity index (χ3n) is 7.06. The minimum Gasteiger partial charge on any atom is -0.495 e. The van der Waals surface area contributed by atoms with Gasteiger partial charge < -0.3 is 14.1 Å². The number of rotatable bonds is 5. The van der Waals surface area contributed by atoms with Gasteiger partial charge in [-0.3, -0.25) is 24.5 Å². The number of Topliss-reactive ketones (excluding diaryl/α,β-unsaturated/α-hetero) is 1. The Labute approximate surface area is 204 Å². The van der Waals surface area contributed by atoms with Crippen LogP contribution in [0.4, 0.5) is 17.1 Å². The van der Waals surface area contributed by atoms with Gasteiger partial charge in [0.1, 0.15) is 17.5 Å². The molecular formula is C26H19N3O7. The lowest BCUT2D eigenvalue weighted by Gasteiger charge is -2.36. The molecule has 6 rings (SSSR count). The number of fused-ring (bicyclic) bond motifs is 5. The van der Waals surface area contributed by atoms with Gasteiger partial charge in [0.2, 0.25) is 17.6 Å². The molecule has 3 aromatic rings. The van der Waals surface area contributed by atoms with Crippen LogP contribution in [0.2, 0.25) is 0 Å². The molecule has 4 atom stereocenters. The number of benzene rings is 2. The first-order valence-electron chi connectivity index (χ1n) is 11.3. The number of furan rings is 1. The van der Waals surface area contributed by atoms with Crippen molar-refractivity contribution in [1.29, 1.82) is 0 Å². The van der Waals surface area contributed by atoms with Crippen molar-refractivity contribution in [2.45, 2.75) is 12.1 Å². The second-order valence-electron chi connectivity index (χ2n) is 8.78. The molecule has 10 heteroatoms. The topological polar surface area (TPSA) is 123 Å². The highest BCUT2D eigenvalue weighted by atomic mass is 16.6. The Morgan fingerprint density at radius 1 is 1.03 bits per heavy atom. The van der Waals surface area contributed by atoms with E-state index in [2.05, 4.69) is 0 Å². The molecule has 2 fully saturated rings. The van der Waals surface area contributed by atoms with Gasteiger partial charge in [-0.15, -0.1) is 0 Å². The number of methoxy groups -OCH3 is 1. The number of hydrogen-bond acceptors (Lipinski definition) is 8. The summed E-state index contributed by atoms with van der Waals surface area (Å²) in [5.74, 6) is -3.27. The summed E-state index contributed by atoms with van der Waals surface area (Å²) in [6.07, 6.45) is 5.08. The number of non-ortho nitro benzene ring substituents is 1. The van der Waals surface area contributed by atoms with Crippen LogP contribution in [-0.2, 0) is 9.59 Å². The van der Waals surface area contributed by atoms with E-state index >= 15 is 0 Å². The quantitative estimate of drug-likeness (QED) is 0.233. The molecule has 3 aliphatic heterocycles. The number of ether oxygens (including phenoxy) is 1. The molecule has 180 valence electrons. The summed E-state index contributed by atoms with van der Waals surface area (Å²) in [7, 11) is 1.35. The van der Waals surface area contributed by atoms with E-state index in [0.29, 0.717) is 0 Å². The van der Waals surface area contributed by atoms with Gasteiger partial charge >= 0.3 is 0 Å². The van der Waals surface area contributed by atoms with Crippen LogP contribution in [0.3, 0.4) is 0 Å². The maximum atomic E-state index is 13.9. The smallest absolute Gasteiger partial charge is 0.271 e. The largest absolute Gasteiger partial charge is 0.495 e. The number of nitro groups is 1. The van der Waals surface area contributed by atoms with Crippen molar-refractivity contribution < 1.29 is 28.5 Å².